The lowest BCUT2D eigenvalue weighted by atomic mass is 10.1. The van der Waals surface area contributed by atoms with Gasteiger partial charge in [0.1, 0.15) is 23.1 Å². The summed E-state index contributed by atoms with van der Waals surface area (Å²) < 4.78 is 4.38. The fourth-order valence-corrected chi connectivity index (χ4v) is 1.00. The van der Waals surface area contributed by atoms with Gasteiger partial charge in [-0.2, -0.15) is 5.26 Å². The minimum absolute atomic E-state index is 0.160. The zero-order chi connectivity index (χ0) is 10.7. The van der Waals surface area contributed by atoms with Crippen molar-refractivity contribution in [2.45, 2.75) is 0 Å². The average Bonchev–Trinajstić information content (AvgIpc) is 2.15. The highest BCUT2D eigenvalue weighted by Gasteiger charge is 2.16. The summed E-state index contributed by atoms with van der Waals surface area (Å²) in [5.74, 6) is -1.54. The minimum atomic E-state index is -0.784. The number of carbonyl (C=O) groups is 1. The first-order valence-corrected chi connectivity index (χ1v) is 3.64. The molecule has 0 aromatic heterocycles. The molecule has 1 aromatic carbocycles. The van der Waals surface area contributed by atoms with Crippen LogP contribution in [0.25, 0.3) is 0 Å². The van der Waals surface area contributed by atoms with Crippen molar-refractivity contribution in [2.24, 2.45) is 0 Å². The van der Waals surface area contributed by atoms with E-state index in [1.807, 2.05) is 0 Å². The normalized spacial score (nSPS) is 9.14. The van der Waals surface area contributed by atoms with Crippen LogP contribution in [-0.4, -0.2) is 23.3 Å². The number of hydrogen-bond acceptors (Lipinski definition) is 5. The number of rotatable bonds is 1. The number of nitrogens with zero attached hydrogens (tertiary/aromatic N) is 1. The molecule has 0 fully saturated rings. The third-order valence-electron chi connectivity index (χ3n) is 1.62. The zero-order valence-corrected chi connectivity index (χ0v) is 7.31. The molecule has 0 aliphatic heterocycles. The lowest BCUT2D eigenvalue weighted by Gasteiger charge is -2.04. The Morgan fingerprint density at radius 3 is 2.64 bits per heavy atom. The van der Waals surface area contributed by atoms with E-state index in [0.717, 1.165) is 19.2 Å². The maximum Gasteiger partial charge on any atom is 0.339 e. The topological polar surface area (TPSA) is 90.6 Å². The quantitative estimate of drug-likeness (QED) is 0.642. The minimum Gasteiger partial charge on any atom is -0.508 e. The molecule has 0 aliphatic rings. The Labute approximate surface area is 79.8 Å². The van der Waals surface area contributed by atoms with Crippen molar-refractivity contribution in [1.82, 2.24) is 0 Å². The third-order valence-corrected chi connectivity index (χ3v) is 1.62. The van der Waals surface area contributed by atoms with Gasteiger partial charge in [-0.15, -0.1) is 0 Å². The van der Waals surface area contributed by atoms with Gasteiger partial charge in [-0.1, -0.05) is 0 Å². The first-order valence-electron chi connectivity index (χ1n) is 3.64. The standard InChI is InChI=1S/C9H7NO4/c1-14-9(13)6-2-5(11)3-8(12)7(6)4-10/h2-3,11-12H,1H3. The molecule has 0 spiro atoms. The molecular formula is C9H7NO4. The number of phenolic OH excluding ortho intramolecular Hbond substituents is 2. The summed E-state index contributed by atoms with van der Waals surface area (Å²) in [6, 6.07) is 3.68. The Bertz CT molecular complexity index is 420. The van der Waals surface area contributed by atoms with Gasteiger partial charge < -0.3 is 14.9 Å². The van der Waals surface area contributed by atoms with Crippen molar-refractivity contribution >= 4 is 5.97 Å². The Morgan fingerprint density at radius 2 is 2.14 bits per heavy atom. The van der Waals surface area contributed by atoms with Crippen LogP contribution in [0.4, 0.5) is 0 Å². The maximum atomic E-state index is 11.1. The van der Waals surface area contributed by atoms with Gasteiger partial charge in [-0.25, -0.2) is 4.79 Å². The molecule has 2 N–H and O–H groups in total. The van der Waals surface area contributed by atoms with E-state index in [2.05, 4.69) is 4.74 Å². The first kappa shape index (κ1) is 9.86. The van der Waals surface area contributed by atoms with Crippen molar-refractivity contribution in [3.63, 3.8) is 0 Å². The van der Waals surface area contributed by atoms with Gasteiger partial charge >= 0.3 is 5.97 Å². The second kappa shape index (κ2) is 3.66. The highest BCUT2D eigenvalue weighted by Crippen LogP contribution is 2.26. The van der Waals surface area contributed by atoms with Gasteiger partial charge in [-0.3, -0.25) is 0 Å². The summed E-state index contributed by atoms with van der Waals surface area (Å²) in [6.07, 6.45) is 0. The van der Waals surface area contributed by atoms with E-state index in [-0.39, 0.29) is 16.9 Å². The van der Waals surface area contributed by atoms with Crippen LogP contribution in [0.2, 0.25) is 0 Å². The van der Waals surface area contributed by atoms with Crippen molar-refractivity contribution < 1.29 is 19.7 Å². The van der Waals surface area contributed by atoms with Crippen LogP contribution in [0.15, 0.2) is 12.1 Å². The molecule has 0 unspecified atom stereocenters. The van der Waals surface area contributed by atoms with Crippen molar-refractivity contribution in [1.29, 1.82) is 5.26 Å². The molecule has 0 aliphatic carbocycles. The van der Waals surface area contributed by atoms with E-state index in [4.69, 9.17) is 10.4 Å². The molecule has 72 valence electrons. The van der Waals surface area contributed by atoms with Crippen molar-refractivity contribution in [2.75, 3.05) is 7.11 Å². The van der Waals surface area contributed by atoms with E-state index in [0.29, 0.717) is 0 Å². The summed E-state index contributed by atoms with van der Waals surface area (Å²) in [5.41, 5.74) is -0.373. The van der Waals surface area contributed by atoms with Gasteiger partial charge in [0.05, 0.1) is 12.7 Å². The van der Waals surface area contributed by atoms with Crippen LogP contribution in [-0.2, 0) is 4.74 Å². The smallest absolute Gasteiger partial charge is 0.339 e. The zero-order valence-electron chi connectivity index (χ0n) is 7.31. The Kier molecular flexibility index (Phi) is 2.58. The van der Waals surface area contributed by atoms with Gasteiger partial charge in [0.15, 0.2) is 0 Å². The molecule has 0 atom stereocenters. The Morgan fingerprint density at radius 1 is 1.50 bits per heavy atom. The summed E-state index contributed by atoms with van der Waals surface area (Å²) in [5, 5.41) is 26.9. The summed E-state index contributed by atoms with van der Waals surface area (Å²) >= 11 is 0. The number of aromatic hydroxyl groups is 2. The van der Waals surface area contributed by atoms with Gasteiger partial charge in [0.2, 0.25) is 0 Å². The molecule has 0 amide bonds. The van der Waals surface area contributed by atoms with Gasteiger partial charge in [0, 0.05) is 6.07 Å². The number of hydrogen-bond donors (Lipinski definition) is 2. The number of ether oxygens (including phenoxy) is 1. The maximum absolute atomic E-state index is 11.1. The molecule has 5 nitrogen and oxygen atoms in total. The van der Waals surface area contributed by atoms with Crippen LogP contribution in [0, 0.1) is 11.3 Å². The number of carbonyl (C=O) groups excluding carboxylic acids is 1. The molecular weight excluding hydrogens is 186 g/mol. The number of nitriles is 1. The van der Waals surface area contributed by atoms with Crippen molar-refractivity contribution in [3.05, 3.63) is 23.3 Å². The number of benzene rings is 1. The lowest BCUT2D eigenvalue weighted by Crippen LogP contribution is -2.04. The predicted molar refractivity (Wildman–Crippen MR) is 45.8 cm³/mol. The number of methoxy groups -OCH3 is 1. The highest BCUT2D eigenvalue weighted by molar-refractivity contribution is 5.93. The summed E-state index contributed by atoms with van der Waals surface area (Å²) in [7, 11) is 1.14. The second-order valence-corrected chi connectivity index (χ2v) is 2.49. The van der Waals surface area contributed by atoms with E-state index in [9.17, 15) is 9.90 Å². The molecule has 0 heterocycles. The largest absolute Gasteiger partial charge is 0.508 e. The third kappa shape index (κ3) is 1.59. The van der Waals surface area contributed by atoms with Crippen LogP contribution < -0.4 is 0 Å². The monoisotopic (exact) mass is 193 g/mol. The first-order chi connectivity index (χ1) is 6.60. The molecule has 0 bridgehead atoms. The fourth-order valence-electron chi connectivity index (χ4n) is 1.00. The molecule has 14 heavy (non-hydrogen) atoms. The molecule has 1 rings (SSSR count). The van der Waals surface area contributed by atoms with E-state index in [1.165, 1.54) is 0 Å². The van der Waals surface area contributed by atoms with E-state index in [1.54, 1.807) is 6.07 Å². The van der Waals surface area contributed by atoms with Gasteiger partial charge in [0.25, 0.3) is 0 Å². The molecule has 0 saturated heterocycles. The Balaban J connectivity index is 3.41. The van der Waals surface area contributed by atoms with E-state index >= 15 is 0 Å². The molecule has 1 aromatic rings. The number of esters is 1. The number of phenols is 2. The van der Waals surface area contributed by atoms with E-state index < -0.39 is 11.7 Å². The predicted octanol–water partition coefficient (Wildman–Crippen LogP) is 0.756. The van der Waals surface area contributed by atoms with Crippen LogP contribution in [0.5, 0.6) is 11.5 Å². The second-order valence-electron chi connectivity index (χ2n) is 2.49. The average molecular weight is 193 g/mol. The van der Waals surface area contributed by atoms with Crippen LogP contribution in [0.3, 0.4) is 0 Å². The van der Waals surface area contributed by atoms with Crippen LogP contribution >= 0.6 is 0 Å². The molecule has 0 saturated carbocycles. The van der Waals surface area contributed by atoms with Crippen LogP contribution in [0.1, 0.15) is 15.9 Å². The fraction of sp³-hybridized carbons (Fsp3) is 0.111. The Hall–Kier alpha value is -2.22. The highest BCUT2D eigenvalue weighted by atomic mass is 16.5. The molecule has 0 radical (unpaired) electrons. The van der Waals surface area contributed by atoms with Gasteiger partial charge in [-0.05, 0) is 6.07 Å². The molecule has 5 heteroatoms. The lowest BCUT2D eigenvalue weighted by molar-refractivity contribution is 0.0599. The summed E-state index contributed by atoms with van der Waals surface area (Å²) in [6.45, 7) is 0. The van der Waals surface area contributed by atoms with Crippen molar-refractivity contribution in [3.8, 4) is 17.6 Å². The summed E-state index contributed by atoms with van der Waals surface area (Å²) in [4.78, 5) is 11.1. The SMILES string of the molecule is COC(=O)c1cc(O)cc(O)c1C#N.